The first-order chi connectivity index (χ1) is 19.7. The molecule has 14 heteroatoms. The van der Waals surface area contributed by atoms with Crippen LogP contribution in [-0.4, -0.2) is 81.1 Å². The highest BCUT2D eigenvalue weighted by Crippen LogP contribution is 2.31. The normalized spacial score (nSPS) is 15.2. The molecule has 1 aliphatic rings. The molecule has 220 valence electrons. The van der Waals surface area contributed by atoms with Crippen LogP contribution in [0.3, 0.4) is 0 Å². The van der Waals surface area contributed by atoms with Crippen LogP contribution in [0.25, 0.3) is 15.2 Å². The van der Waals surface area contributed by atoms with Crippen molar-refractivity contribution in [2.24, 2.45) is 0 Å². The van der Waals surface area contributed by atoms with Crippen LogP contribution in [0.4, 0.5) is 4.39 Å². The molecule has 1 amide bonds. The van der Waals surface area contributed by atoms with Crippen molar-refractivity contribution in [2.45, 2.75) is 38.8 Å². The second-order valence-electron chi connectivity index (χ2n) is 9.53. The molecule has 0 aliphatic carbocycles. The van der Waals surface area contributed by atoms with E-state index in [1.165, 1.54) is 39.9 Å². The zero-order valence-corrected chi connectivity index (χ0v) is 24.2. The number of piperidine rings is 1. The van der Waals surface area contributed by atoms with E-state index < -0.39 is 23.1 Å². The van der Waals surface area contributed by atoms with E-state index in [2.05, 4.69) is 14.9 Å². The fourth-order valence-corrected chi connectivity index (χ4v) is 6.09. The van der Waals surface area contributed by atoms with Gasteiger partial charge in [0, 0.05) is 39.2 Å². The monoisotopic (exact) mass is 588 g/mol. The first-order valence-electron chi connectivity index (χ1n) is 13.0. The number of hydrogen-bond donors (Lipinski definition) is 1. The molecule has 1 atom stereocenters. The summed E-state index contributed by atoms with van der Waals surface area (Å²) in [6, 6.07) is 3.81. The third kappa shape index (κ3) is 6.24. The minimum Gasteiger partial charge on any atom is -0.496 e. The van der Waals surface area contributed by atoms with Crippen molar-refractivity contribution >= 4 is 27.5 Å². The molecule has 1 fully saturated rings. The fraction of sp³-hybridized carbons (Fsp3) is 0.444. The van der Waals surface area contributed by atoms with Gasteiger partial charge >= 0.3 is 5.69 Å². The highest BCUT2D eigenvalue weighted by atomic mass is 32.1. The zero-order chi connectivity index (χ0) is 29.7. The number of hydrogen-bond acceptors (Lipinski definition) is 9. The Morgan fingerprint density at radius 3 is 2.51 bits per heavy atom. The highest BCUT2D eigenvalue weighted by molar-refractivity contribution is 7.21. The van der Waals surface area contributed by atoms with Gasteiger partial charge in [0.25, 0.3) is 5.56 Å². The molecule has 1 aliphatic heterocycles. The predicted molar refractivity (Wildman–Crippen MR) is 152 cm³/mol. The van der Waals surface area contributed by atoms with E-state index in [9.17, 15) is 18.8 Å². The molecule has 12 nitrogen and oxygen atoms in total. The van der Waals surface area contributed by atoms with E-state index in [4.69, 9.17) is 9.84 Å². The molecule has 1 saturated heterocycles. The van der Waals surface area contributed by atoms with Crippen molar-refractivity contribution in [3.05, 3.63) is 68.4 Å². The maximum Gasteiger partial charge on any atom is 0.332 e. The van der Waals surface area contributed by atoms with Gasteiger partial charge in [-0.2, -0.15) is 10.2 Å². The molecule has 4 heterocycles. The lowest BCUT2D eigenvalue weighted by Crippen LogP contribution is -2.48. The molecular weight excluding hydrogens is 555 g/mol. The van der Waals surface area contributed by atoms with Crippen molar-refractivity contribution in [2.75, 3.05) is 41.0 Å². The third-order valence-corrected chi connectivity index (χ3v) is 8.21. The van der Waals surface area contributed by atoms with Crippen LogP contribution in [0.5, 0.6) is 5.75 Å². The van der Waals surface area contributed by atoms with Crippen LogP contribution in [0.15, 0.2) is 40.2 Å². The number of halogens is 1. The quantitative estimate of drug-likeness (QED) is 0.330. The molecular formula is C27H33FN6O6S. The van der Waals surface area contributed by atoms with Gasteiger partial charge in [0.05, 0.1) is 44.1 Å². The number of likely N-dealkylation sites (tertiary alicyclic amines) is 1. The number of fused-ring (bicyclic) bond motifs is 1. The molecule has 0 saturated carbocycles. The van der Waals surface area contributed by atoms with Gasteiger partial charge in [-0.3, -0.25) is 18.7 Å². The summed E-state index contributed by atoms with van der Waals surface area (Å²) in [7, 11) is 4.73. The number of benzene rings is 1. The van der Waals surface area contributed by atoms with Gasteiger partial charge < -0.3 is 19.5 Å². The number of thiophene rings is 1. The number of amides is 1. The van der Waals surface area contributed by atoms with Gasteiger partial charge in [-0.25, -0.2) is 9.18 Å². The Hall–Kier alpha value is -3.88. The molecule has 5 rings (SSSR count). The molecule has 41 heavy (non-hydrogen) atoms. The zero-order valence-electron chi connectivity index (χ0n) is 23.4. The van der Waals surface area contributed by atoms with Crippen molar-refractivity contribution in [1.82, 2.24) is 29.0 Å². The van der Waals surface area contributed by atoms with E-state index in [-0.39, 0.29) is 32.0 Å². The average molecular weight is 589 g/mol. The Labute approximate surface area is 239 Å². The standard InChI is InChI=1S/C24H25FN6O4S.C3H8O2/c1-14-20-21(33)30(17-5-7-19(32)28(2)13-17)24(34)29(23(20)36-22(14)31-26-9-10-27-31)11-8-15-12-16(25)4-6-18(15)35-3;1-5-3-2-4/h4,6,9-10,12,17H,5,7-8,11,13H2,1-3H3;4H,2-3H2,1H3. The summed E-state index contributed by atoms with van der Waals surface area (Å²) >= 11 is 1.26. The SMILES string of the molecule is COCCO.COc1ccc(F)cc1CCn1c(=O)n(C2CCC(=O)N(C)C2)c(=O)c2c(C)c(-n3nccn3)sc21. The summed E-state index contributed by atoms with van der Waals surface area (Å²) < 4.78 is 26.6. The van der Waals surface area contributed by atoms with Gasteiger partial charge in [0.2, 0.25) is 5.91 Å². The van der Waals surface area contributed by atoms with E-state index in [1.54, 1.807) is 42.1 Å². The lowest BCUT2D eigenvalue weighted by atomic mass is 10.1. The van der Waals surface area contributed by atoms with E-state index >= 15 is 0 Å². The van der Waals surface area contributed by atoms with Gasteiger partial charge in [-0.05, 0) is 43.5 Å². The topological polar surface area (TPSA) is 134 Å². The molecule has 0 spiro atoms. The van der Waals surface area contributed by atoms with Crippen LogP contribution < -0.4 is 16.0 Å². The van der Waals surface area contributed by atoms with Crippen LogP contribution in [0.1, 0.15) is 30.0 Å². The van der Waals surface area contributed by atoms with Gasteiger partial charge in [0.15, 0.2) is 0 Å². The summed E-state index contributed by atoms with van der Waals surface area (Å²) in [4.78, 5) is 43.1. The summed E-state index contributed by atoms with van der Waals surface area (Å²) in [6.45, 7) is 2.84. The van der Waals surface area contributed by atoms with Crippen LogP contribution in [0.2, 0.25) is 0 Å². The molecule has 0 bridgehead atoms. The van der Waals surface area contributed by atoms with Crippen LogP contribution in [0, 0.1) is 12.7 Å². The number of likely N-dealkylation sites (N-methyl/N-ethyl adjacent to an activating group) is 1. The Kier molecular flexibility index (Phi) is 9.68. The summed E-state index contributed by atoms with van der Waals surface area (Å²) in [6.07, 6.45) is 4.05. The van der Waals surface area contributed by atoms with E-state index in [0.29, 0.717) is 51.5 Å². The number of aryl methyl sites for hydroxylation is 3. The van der Waals surface area contributed by atoms with Crippen LogP contribution >= 0.6 is 11.3 Å². The van der Waals surface area contributed by atoms with Crippen molar-refractivity contribution < 1.29 is 23.8 Å². The van der Waals surface area contributed by atoms with E-state index in [1.807, 2.05) is 6.92 Å². The number of aromatic nitrogens is 5. The third-order valence-electron chi connectivity index (χ3n) is 6.93. The summed E-state index contributed by atoms with van der Waals surface area (Å²) in [5.74, 6) is 0.102. The Balaban J connectivity index is 0.000000714. The fourth-order valence-electron chi connectivity index (χ4n) is 4.85. The number of aliphatic hydroxyl groups is 1. The molecule has 1 N–H and O–H groups in total. The molecule has 0 radical (unpaired) electrons. The van der Waals surface area contributed by atoms with E-state index in [0.717, 1.165) is 0 Å². The number of carbonyl (C=O) groups excluding carboxylic acids is 1. The largest absolute Gasteiger partial charge is 0.496 e. The van der Waals surface area contributed by atoms with Crippen molar-refractivity contribution in [1.29, 1.82) is 0 Å². The average Bonchev–Trinajstić information content (AvgIpc) is 3.60. The predicted octanol–water partition coefficient (Wildman–Crippen LogP) is 1.92. The van der Waals surface area contributed by atoms with Gasteiger partial charge in [0.1, 0.15) is 21.4 Å². The highest BCUT2D eigenvalue weighted by Gasteiger charge is 2.29. The Bertz CT molecular complexity index is 1630. The maximum atomic E-state index is 14.0. The van der Waals surface area contributed by atoms with Crippen molar-refractivity contribution in [3.63, 3.8) is 0 Å². The second kappa shape index (κ2) is 13.2. The first-order valence-corrected chi connectivity index (χ1v) is 13.8. The molecule has 3 aromatic heterocycles. The minimum absolute atomic E-state index is 0.0161. The summed E-state index contributed by atoms with van der Waals surface area (Å²) in [5.41, 5.74) is 0.425. The molecule has 4 aromatic rings. The Morgan fingerprint density at radius 1 is 1.17 bits per heavy atom. The lowest BCUT2D eigenvalue weighted by molar-refractivity contribution is -0.133. The number of carbonyl (C=O) groups is 1. The molecule has 1 aromatic carbocycles. The second-order valence-corrected chi connectivity index (χ2v) is 10.5. The molecule has 1 unspecified atom stereocenters. The number of aliphatic hydroxyl groups excluding tert-OH is 1. The number of nitrogens with zero attached hydrogens (tertiary/aromatic N) is 6. The number of methoxy groups -OCH3 is 2. The first kappa shape index (κ1) is 30.1. The maximum absolute atomic E-state index is 14.0. The Morgan fingerprint density at radius 2 is 1.90 bits per heavy atom. The number of rotatable bonds is 8. The number of ether oxygens (including phenoxy) is 2. The van der Waals surface area contributed by atoms with Crippen molar-refractivity contribution in [3.8, 4) is 10.8 Å². The van der Waals surface area contributed by atoms with Crippen LogP contribution in [-0.2, 0) is 22.5 Å². The minimum atomic E-state index is -0.461. The van der Waals surface area contributed by atoms with Gasteiger partial charge in [-0.15, -0.1) is 4.80 Å². The summed E-state index contributed by atoms with van der Waals surface area (Å²) in [5, 5.41) is 17.4. The smallest absolute Gasteiger partial charge is 0.332 e. The lowest BCUT2D eigenvalue weighted by Gasteiger charge is -2.30. The van der Waals surface area contributed by atoms with Gasteiger partial charge in [-0.1, -0.05) is 11.3 Å².